The lowest BCUT2D eigenvalue weighted by Gasteiger charge is -2.26. The molecule has 0 aliphatic carbocycles. The molecule has 0 spiro atoms. The third kappa shape index (κ3) is 6.62. The van der Waals surface area contributed by atoms with E-state index >= 15 is 0 Å². The number of benzene rings is 3. The SMILES string of the molecule is CC(=O)c1ccc(/C=C/C(=O)Nc2ccc(-c3nc4cc(OCCN5CCOCC5)c([N+](=O)[O-])cc4n3O)cc2)cc1. The maximum atomic E-state index is 12.4. The summed E-state index contributed by atoms with van der Waals surface area (Å²) in [6, 6.07) is 16.3. The first-order valence-electron chi connectivity index (χ1n) is 13.3. The Morgan fingerprint density at radius 3 is 2.50 bits per heavy atom. The van der Waals surface area contributed by atoms with Crippen LogP contribution in [0.25, 0.3) is 28.5 Å². The van der Waals surface area contributed by atoms with Crippen LogP contribution in [-0.4, -0.2) is 75.9 Å². The lowest BCUT2D eigenvalue weighted by atomic mass is 10.1. The molecule has 1 aromatic heterocycles. The van der Waals surface area contributed by atoms with Crippen molar-refractivity contribution in [1.29, 1.82) is 0 Å². The lowest BCUT2D eigenvalue weighted by molar-refractivity contribution is -0.385. The van der Waals surface area contributed by atoms with Crippen molar-refractivity contribution in [3.05, 3.63) is 88.0 Å². The highest BCUT2D eigenvalue weighted by molar-refractivity contribution is 6.02. The standard InChI is InChI=1S/C30H29N5O7/c1-20(36)22-5-2-21(3-6-22)4-11-29(37)31-24-9-7-23(8-10-24)30-32-25-18-28(27(35(39)40)19-26(25)34(30)38)42-17-14-33-12-15-41-16-13-33/h2-11,18-19,38H,12-17H2,1H3,(H,31,37)/b11-4+. The van der Waals surface area contributed by atoms with E-state index in [9.17, 15) is 24.9 Å². The molecule has 0 atom stereocenters. The lowest BCUT2D eigenvalue weighted by Crippen LogP contribution is -2.38. The van der Waals surface area contributed by atoms with Gasteiger partial charge < -0.3 is 20.0 Å². The van der Waals surface area contributed by atoms with Gasteiger partial charge in [0.05, 0.1) is 23.7 Å². The van der Waals surface area contributed by atoms with Crippen molar-refractivity contribution < 1.29 is 29.2 Å². The Kier molecular flexibility index (Phi) is 8.55. The Balaban J connectivity index is 1.27. The first kappa shape index (κ1) is 28.5. The number of nitrogens with zero attached hydrogens (tertiary/aromatic N) is 4. The number of Topliss-reactive ketones (excluding diaryl/α,β-unsaturated/α-hetero) is 1. The minimum absolute atomic E-state index is 0.0290. The van der Waals surface area contributed by atoms with Gasteiger partial charge in [0, 0.05) is 54.7 Å². The van der Waals surface area contributed by atoms with Crippen molar-refractivity contribution >= 4 is 40.2 Å². The van der Waals surface area contributed by atoms with E-state index in [1.165, 1.54) is 25.1 Å². The van der Waals surface area contributed by atoms with Gasteiger partial charge in [0.1, 0.15) is 12.1 Å². The van der Waals surface area contributed by atoms with E-state index in [0.717, 1.165) is 23.4 Å². The van der Waals surface area contributed by atoms with Crippen molar-refractivity contribution in [2.75, 3.05) is 44.8 Å². The molecule has 1 fully saturated rings. The first-order chi connectivity index (χ1) is 20.3. The molecule has 2 heterocycles. The molecule has 3 aromatic carbocycles. The fraction of sp³-hybridized carbons (Fsp3) is 0.233. The highest BCUT2D eigenvalue weighted by atomic mass is 16.6. The molecule has 1 aliphatic rings. The average molecular weight is 572 g/mol. The van der Waals surface area contributed by atoms with Gasteiger partial charge in [-0.2, -0.15) is 4.73 Å². The number of morpholine rings is 1. The number of fused-ring (bicyclic) bond motifs is 1. The van der Waals surface area contributed by atoms with Gasteiger partial charge in [-0.3, -0.25) is 24.6 Å². The van der Waals surface area contributed by atoms with E-state index in [2.05, 4.69) is 15.2 Å². The van der Waals surface area contributed by atoms with Crippen molar-refractivity contribution in [2.45, 2.75) is 6.92 Å². The molecule has 0 radical (unpaired) electrons. The zero-order chi connectivity index (χ0) is 29.6. The molecule has 12 heteroatoms. The van der Waals surface area contributed by atoms with E-state index in [0.29, 0.717) is 42.1 Å². The molecule has 0 saturated carbocycles. The van der Waals surface area contributed by atoms with E-state index < -0.39 is 4.92 Å². The number of carbonyl (C=O) groups is 2. The molecule has 1 aliphatic heterocycles. The number of aromatic nitrogens is 2. The summed E-state index contributed by atoms with van der Waals surface area (Å²) in [6.07, 6.45) is 3.03. The van der Waals surface area contributed by atoms with Crippen molar-refractivity contribution in [3.8, 4) is 17.1 Å². The quantitative estimate of drug-likeness (QED) is 0.0928. The van der Waals surface area contributed by atoms with E-state index in [4.69, 9.17) is 9.47 Å². The first-order valence-corrected chi connectivity index (χ1v) is 13.3. The van der Waals surface area contributed by atoms with Gasteiger partial charge in [0.15, 0.2) is 17.4 Å². The Morgan fingerprint density at radius 2 is 1.83 bits per heavy atom. The molecule has 2 N–H and O–H groups in total. The van der Waals surface area contributed by atoms with Crippen LogP contribution in [0.5, 0.6) is 5.75 Å². The molecule has 1 amide bonds. The number of nitro benzene ring substituents is 1. The molecule has 12 nitrogen and oxygen atoms in total. The Bertz CT molecular complexity index is 1640. The van der Waals surface area contributed by atoms with Crippen molar-refractivity contribution in [2.24, 2.45) is 0 Å². The van der Waals surface area contributed by atoms with Crippen LogP contribution in [0.1, 0.15) is 22.8 Å². The minimum atomic E-state index is -0.552. The number of rotatable bonds is 10. The Labute approximate surface area is 240 Å². The van der Waals surface area contributed by atoms with Gasteiger partial charge in [-0.05, 0) is 42.8 Å². The predicted molar refractivity (Wildman–Crippen MR) is 156 cm³/mol. The maximum absolute atomic E-state index is 12.4. The third-order valence-corrected chi connectivity index (χ3v) is 6.83. The molecular formula is C30H29N5O7. The van der Waals surface area contributed by atoms with Crippen LogP contribution in [0.15, 0.2) is 66.7 Å². The van der Waals surface area contributed by atoms with Crippen LogP contribution in [0.2, 0.25) is 0 Å². The predicted octanol–water partition coefficient (Wildman–Crippen LogP) is 4.41. The Morgan fingerprint density at radius 1 is 1.12 bits per heavy atom. The van der Waals surface area contributed by atoms with Crippen molar-refractivity contribution in [1.82, 2.24) is 14.6 Å². The number of ether oxygens (including phenoxy) is 2. The second-order valence-corrected chi connectivity index (χ2v) is 9.69. The summed E-state index contributed by atoms with van der Waals surface area (Å²) >= 11 is 0. The largest absolute Gasteiger partial charge is 0.485 e. The summed E-state index contributed by atoms with van der Waals surface area (Å²) in [6.45, 7) is 5.20. The number of imidazole rings is 1. The number of anilines is 1. The van der Waals surface area contributed by atoms with Crippen LogP contribution >= 0.6 is 0 Å². The zero-order valence-electron chi connectivity index (χ0n) is 22.9. The summed E-state index contributed by atoms with van der Waals surface area (Å²) in [5.41, 5.74) is 2.65. The van der Waals surface area contributed by atoms with Crippen LogP contribution in [-0.2, 0) is 9.53 Å². The number of ketones is 1. The molecule has 5 rings (SSSR count). The molecular weight excluding hydrogens is 542 g/mol. The fourth-order valence-electron chi connectivity index (χ4n) is 4.52. The highest BCUT2D eigenvalue weighted by Gasteiger charge is 2.22. The number of hydrogen-bond donors (Lipinski definition) is 2. The minimum Gasteiger partial charge on any atom is -0.485 e. The van der Waals surface area contributed by atoms with Crippen LogP contribution < -0.4 is 10.1 Å². The summed E-state index contributed by atoms with van der Waals surface area (Å²) in [4.78, 5) is 41.6. The number of amides is 1. The van der Waals surface area contributed by atoms with Gasteiger partial charge in [-0.25, -0.2) is 4.98 Å². The monoisotopic (exact) mass is 571 g/mol. The third-order valence-electron chi connectivity index (χ3n) is 6.83. The molecule has 216 valence electrons. The summed E-state index contributed by atoms with van der Waals surface area (Å²) < 4.78 is 11.9. The molecule has 42 heavy (non-hydrogen) atoms. The van der Waals surface area contributed by atoms with Crippen LogP contribution in [0.4, 0.5) is 11.4 Å². The maximum Gasteiger partial charge on any atom is 0.313 e. The molecule has 0 bridgehead atoms. The number of hydrogen-bond acceptors (Lipinski definition) is 9. The zero-order valence-corrected chi connectivity index (χ0v) is 22.9. The summed E-state index contributed by atoms with van der Waals surface area (Å²) in [5.74, 6) is -0.122. The normalized spacial score (nSPS) is 13.8. The van der Waals surface area contributed by atoms with Crippen LogP contribution in [0, 0.1) is 10.1 Å². The van der Waals surface area contributed by atoms with Crippen LogP contribution in [0.3, 0.4) is 0 Å². The fourth-order valence-corrected chi connectivity index (χ4v) is 4.52. The second kappa shape index (κ2) is 12.6. The van der Waals surface area contributed by atoms with Gasteiger partial charge in [0.25, 0.3) is 0 Å². The van der Waals surface area contributed by atoms with Gasteiger partial charge in [0.2, 0.25) is 5.91 Å². The van der Waals surface area contributed by atoms with Gasteiger partial charge >= 0.3 is 5.69 Å². The Hall–Kier alpha value is -5.07. The highest BCUT2D eigenvalue weighted by Crippen LogP contribution is 2.34. The summed E-state index contributed by atoms with van der Waals surface area (Å²) in [7, 11) is 0. The van der Waals surface area contributed by atoms with Gasteiger partial charge in [-0.15, -0.1) is 0 Å². The number of nitrogens with one attached hydrogen (secondary N) is 1. The average Bonchev–Trinajstić information content (AvgIpc) is 3.31. The number of carbonyl (C=O) groups excluding carboxylic acids is 2. The van der Waals surface area contributed by atoms with E-state index in [1.54, 1.807) is 54.6 Å². The molecule has 4 aromatic rings. The molecule has 1 saturated heterocycles. The topological polar surface area (TPSA) is 149 Å². The van der Waals surface area contributed by atoms with E-state index in [1.807, 2.05) is 0 Å². The number of nitro groups is 1. The van der Waals surface area contributed by atoms with Crippen molar-refractivity contribution in [3.63, 3.8) is 0 Å². The van der Waals surface area contributed by atoms with Gasteiger partial charge in [-0.1, -0.05) is 24.3 Å². The second-order valence-electron chi connectivity index (χ2n) is 9.69. The molecule has 0 unspecified atom stereocenters. The van der Waals surface area contributed by atoms with E-state index in [-0.39, 0.29) is 41.1 Å². The summed E-state index contributed by atoms with van der Waals surface area (Å²) in [5, 5.41) is 25.3. The smallest absolute Gasteiger partial charge is 0.313 e.